The number of nitrogens with zero attached hydrogens (tertiary/aromatic N) is 1. The molecule has 0 aliphatic heterocycles. The van der Waals surface area contributed by atoms with Gasteiger partial charge >= 0.3 is 5.69 Å². The Balaban J connectivity index is 3.00. The van der Waals surface area contributed by atoms with E-state index in [0.29, 0.717) is 24.4 Å². The molecule has 0 amide bonds. The summed E-state index contributed by atoms with van der Waals surface area (Å²) in [6, 6.07) is 1.48. The van der Waals surface area contributed by atoms with Gasteiger partial charge in [0, 0.05) is 18.7 Å². The van der Waals surface area contributed by atoms with Crippen LogP contribution in [0.4, 0.5) is 20.2 Å². The van der Waals surface area contributed by atoms with Crippen molar-refractivity contribution in [1.29, 1.82) is 0 Å². The molecule has 6 heteroatoms. The fraction of sp³-hybridized carbons (Fsp3) is 0.571. The van der Waals surface area contributed by atoms with Crippen molar-refractivity contribution in [3.8, 4) is 0 Å². The molecular weight excluding hydrogens is 266 g/mol. The van der Waals surface area contributed by atoms with Crippen molar-refractivity contribution < 1.29 is 13.7 Å². The number of halogens is 2. The van der Waals surface area contributed by atoms with Gasteiger partial charge in [-0.3, -0.25) is 10.1 Å². The van der Waals surface area contributed by atoms with Gasteiger partial charge in [0.15, 0.2) is 0 Å². The second kappa shape index (κ2) is 6.63. The molecule has 1 aromatic carbocycles. The Hall–Kier alpha value is -1.72. The van der Waals surface area contributed by atoms with Crippen LogP contribution in [0.5, 0.6) is 0 Å². The zero-order valence-electron chi connectivity index (χ0n) is 12.1. The molecule has 4 nitrogen and oxygen atoms in total. The summed E-state index contributed by atoms with van der Waals surface area (Å²) in [5.41, 5.74) is -0.823. The molecule has 1 aromatic rings. The summed E-state index contributed by atoms with van der Waals surface area (Å²) in [6.45, 7) is 8.62. The maximum Gasteiger partial charge on any atom is 0.327 e. The van der Waals surface area contributed by atoms with E-state index in [0.717, 1.165) is 6.07 Å². The fourth-order valence-electron chi connectivity index (χ4n) is 2.36. The van der Waals surface area contributed by atoms with Gasteiger partial charge in [-0.1, -0.05) is 27.7 Å². The largest absolute Gasteiger partial charge is 0.379 e. The number of anilines is 1. The first-order chi connectivity index (χ1) is 9.23. The average molecular weight is 286 g/mol. The van der Waals surface area contributed by atoms with Crippen LogP contribution in [0.15, 0.2) is 12.1 Å². The molecule has 0 radical (unpaired) electrons. The lowest BCUT2D eigenvalue weighted by molar-refractivity contribution is -0.386. The highest BCUT2D eigenvalue weighted by Crippen LogP contribution is 2.30. The normalized spacial score (nSPS) is 11.4. The number of hydrogen-bond donors (Lipinski definition) is 1. The summed E-state index contributed by atoms with van der Waals surface area (Å²) in [4.78, 5) is 10.0. The summed E-state index contributed by atoms with van der Waals surface area (Å²) in [5, 5.41) is 13.7. The van der Waals surface area contributed by atoms with Crippen molar-refractivity contribution in [3.63, 3.8) is 0 Å². The summed E-state index contributed by atoms with van der Waals surface area (Å²) >= 11 is 0. The lowest BCUT2D eigenvalue weighted by atomic mass is 9.85. The predicted molar refractivity (Wildman–Crippen MR) is 74.7 cm³/mol. The van der Waals surface area contributed by atoms with Crippen LogP contribution >= 0.6 is 0 Å². The Morgan fingerprint density at radius 1 is 1.20 bits per heavy atom. The summed E-state index contributed by atoms with van der Waals surface area (Å²) in [7, 11) is 0. The minimum absolute atomic E-state index is 0.112. The highest BCUT2D eigenvalue weighted by atomic mass is 19.1. The number of nitrogens with one attached hydrogen (secondary N) is 1. The van der Waals surface area contributed by atoms with E-state index < -0.39 is 22.2 Å². The van der Waals surface area contributed by atoms with Crippen LogP contribution < -0.4 is 5.32 Å². The molecule has 0 fully saturated rings. The van der Waals surface area contributed by atoms with Crippen molar-refractivity contribution in [2.75, 3.05) is 11.9 Å². The predicted octanol–water partition coefficient (Wildman–Crippen LogP) is 4.21. The van der Waals surface area contributed by atoms with Gasteiger partial charge in [-0.2, -0.15) is 4.39 Å². The number of hydrogen-bond acceptors (Lipinski definition) is 3. The molecule has 0 aliphatic rings. The third kappa shape index (κ3) is 3.88. The van der Waals surface area contributed by atoms with Gasteiger partial charge in [-0.25, -0.2) is 4.39 Å². The first-order valence-electron chi connectivity index (χ1n) is 6.61. The van der Waals surface area contributed by atoms with Gasteiger partial charge in [-0.05, 0) is 17.8 Å². The van der Waals surface area contributed by atoms with Crippen LogP contribution in [-0.2, 0) is 0 Å². The zero-order chi connectivity index (χ0) is 15.4. The smallest absolute Gasteiger partial charge is 0.327 e. The zero-order valence-corrected chi connectivity index (χ0v) is 12.1. The average Bonchev–Trinajstić information content (AvgIpc) is 2.26. The third-order valence-electron chi connectivity index (χ3n) is 3.45. The lowest BCUT2D eigenvalue weighted by Gasteiger charge is -2.25. The maximum absolute atomic E-state index is 13.5. The van der Waals surface area contributed by atoms with Gasteiger partial charge in [0.1, 0.15) is 11.5 Å². The Kier molecular flexibility index (Phi) is 5.42. The van der Waals surface area contributed by atoms with Crippen LogP contribution in [0.3, 0.4) is 0 Å². The second-order valence-electron chi connectivity index (χ2n) is 5.57. The maximum atomic E-state index is 13.5. The summed E-state index contributed by atoms with van der Waals surface area (Å²) < 4.78 is 26.7. The van der Waals surface area contributed by atoms with Crippen LogP contribution in [-0.4, -0.2) is 11.5 Å². The van der Waals surface area contributed by atoms with E-state index in [9.17, 15) is 18.9 Å². The molecule has 0 atom stereocenters. The van der Waals surface area contributed by atoms with Crippen LogP contribution in [0.2, 0.25) is 0 Å². The van der Waals surface area contributed by atoms with Gasteiger partial charge in [0.05, 0.1) is 4.92 Å². The van der Waals surface area contributed by atoms with Crippen LogP contribution in [0, 0.1) is 39.5 Å². The third-order valence-corrected chi connectivity index (χ3v) is 3.45. The van der Waals surface area contributed by atoms with Crippen molar-refractivity contribution in [2.24, 2.45) is 17.8 Å². The van der Waals surface area contributed by atoms with E-state index in [1.54, 1.807) is 0 Å². The Morgan fingerprint density at radius 2 is 1.75 bits per heavy atom. The Morgan fingerprint density at radius 3 is 2.20 bits per heavy atom. The number of benzene rings is 1. The molecule has 0 heterocycles. The summed E-state index contributed by atoms with van der Waals surface area (Å²) in [5.74, 6) is -1.02. The van der Waals surface area contributed by atoms with E-state index in [1.165, 1.54) is 0 Å². The highest BCUT2D eigenvalue weighted by molar-refractivity contribution is 5.62. The Bertz CT molecular complexity index is 482. The highest BCUT2D eigenvalue weighted by Gasteiger charge is 2.24. The van der Waals surface area contributed by atoms with Crippen molar-refractivity contribution in [3.05, 3.63) is 33.9 Å². The first-order valence-corrected chi connectivity index (χ1v) is 6.61. The molecule has 112 valence electrons. The van der Waals surface area contributed by atoms with Crippen molar-refractivity contribution in [2.45, 2.75) is 27.7 Å². The van der Waals surface area contributed by atoms with Gasteiger partial charge in [0.2, 0.25) is 5.82 Å². The number of nitro groups is 1. The van der Waals surface area contributed by atoms with E-state index in [4.69, 9.17) is 0 Å². The molecule has 0 saturated carbocycles. The van der Waals surface area contributed by atoms with Crippen molar-refractivity contribution in [1.82, 2.24) is 0 Å². The molecule has 0 bridgehead atoms. The lowest BCUT2D eigenvalue weighted by Crippen LogP contribution is -2.25. The SMILES string of the molecule is CC(C)C(CNc1cc(F)cc(F)c1[N+](=O)[O-])C(C)C. The number of rotatable bonds is 6. The molecule has 0 saturated heterocycles. The van der Waals surface area contributed by atoms with Gasteiger partial charge in [0.25, 0.3) is 0 Å². The quantitative estimate of drug-likeness (QED) is 0.629. The van der Waals surface area contributed by atoms with Gasteiger partial charge in [-0.15, -0.1) is 0 Å². The second-order valence-corrected chi connectivity index (χ2v) is 5.57. The van der Waals surface area contributed by atoms with E-state index in [-0.39, 0.29) is 11.6 Å². The number of nitro benzene ring substituents is 1. The topological polar surface area (TPSA) is 55.2 Å². The van der Waals surface area contributed by atoms with Crippen LogP contribution in [0.25, 0.3) is 0 Å². The van der Waals surface area contributed by atoms with E-state index in [1.807, 2.05) is 27.7 Å². The molecule has 0 aromatic heterocycles. The minimum Gasteiger partial charge on any atom is -0.379 e. The molecule has 20 heavy (non-hydrogen) atoms. The Labute approximate surface area is 117 Å². The summed E-state index contributed by atoms with van der Waals surface area (Å²) in [6.07, 6.45) is 0. The van der Waals surface area contributed by atoms with E-state index in [2.05, 4.69) is 5.32 Å². The molecule has 1 N–H and O–H groups in total. The molecule has 1 rings (SSSR count). The molecular formula is C14H20F2N2O2. The minimum atomic E-state index is -1.16. The van der Waals surface area contributed by atoms with Crippen LogP contribution in [0.1, 0.15) is 27.7 Å². The molecule has 0 unspecified atom stereocenters. The molecule has 0 aliphatic carbocycles. The standard InChI is InChI=1S/C14H20F2N2O2/c1-8(2)11(9(3)4)7-17-13-6-10(15)5-12(16)14(13)18(19)20/h5-6,8-9,11,17H,7H2,1-4H3. The van der Waals surface area contributed by atoms with Gasteiger partial charge < -0.3 is 5.32 Å². The monoisotopic (exact) mass is 286 g/mol. The van der Waals surface area contributed by atoms with E-state index >= 15 is 0 Å². The first kappa shape index (κ1) is 16.3. The fourth-order valence-corrected chi connectivity index (χ4v) is 2.36. The molecule has 0 spiro atoms. The van der Waals surface area contributed by atoms with Crippen molar-refractivity contribution >= 4 is 11.4 Å².